The Bertz CT molecular complexity index is 2230. The van der Waals surface area contributed by atoms with E-state index in [1.807, 2.05) is 48.5 Å². The van der Waals surface area contributed by atoms with Crippen LogP contribution >= 0.6 is 0 Å². The van der Waals surface area contributed by atoms with Gasteiger partial charge in [-0.1, -0.05) is 60.7 Å². The number of rotatable bonds is 13. The van der Waals surface area contributed by atoms with Gasteiger partial charge in [0, 0.05) is 58.0 Å². The summed E-state index contributed by atoms with van der Waals surface area (Å²) in [5.74, 6) is -3.04. The number of benzene rings is 3. The summed E-state index contributed by atoms with van der Waals surface area (Å²) in [6.07, 6.45) is 1.49. The molecule has 7 atom stereocenters. The minimum absolute atomic E-state index is 0.0197. The van der Waals surface area contributed by atoms with Crippen molar-refractivity contribution in [3.05, 3.63) is 112 Å². The van der Waals surface area contributed by atoms with E-state index >= 15 is 0 Å². The third-order valence-electron chi connectivity index (χ3n) is 12.2. The molecule has 3 amide bonds. The highest BCUT2D eigenvalue weighted by molar-refractivity contribution is 5.95. The number of fused-ring (bicyclic) bond motifs is 5. The minimum Gasteiger partial charge on any atom is -0.460 e. The molecule has 3 aromatic rings. The highest BCUT2D eigenvalue weighted by Crippen LogP contribution is 2.58. The Hall–Kier alpha value is -5.45. The largest absolute Gasteiger partial charge is 0.460 e. The molecule has 3 aromatic carbocycles. The van der Waals surface area contributed by atoms with Gasteiger partial charge in [0.1, 0.15) is 35.4 Å². The van der Waals surface area contributed by atoms with Gasteiger partial charge in [-0.3, -0.25) is 28.8 Å². The number of ether oxygens (including phenoxy) is 4. The van der Waals surface area contributed by atoms with E-state index in [4.69, 9.17) is 23.8 Å². The van der Waals surface area contributed by atoms with E-state index in [0.717, 1.165) is 22.3 Å². The smallest absolute Gasteiger partial charge is 0.327 e. The van der Waals surface area contributed by atoms with Crippen LogP contribution in [0.5, 0.6) is 0 Å². The normalized spacial score (nSPS) is 26.1. The van der Waals surface area contributed by atoms with Gasteiger partial charge in [0.25, 0.3) is 5.91 Å². The maximum absolute atomic E-state index is 14.9. The summed E-state index contributed by atoms with van der Waals surface area (Å²) in [6, 6.07) is 20.5. The van der Waals surface area contributed by atoms with Gasteiger partial charge in [0.2, 0.25) is 11.8 Å². The number of amides is 3. The van der Waals surface area contributed by atoms with Crippen LogP contribution in [0.3, 0.4) is 0 Å². The Kier molecular flexibility index (Phi) is 11.9. The van der Waals surface area contributed by atoms with Crippen LogP contribution < -0.4 is 10.6 Å². The zero-order valence-corrected chi connectivity index (χ0v) is 35.6. The molecule has 62 heavy (non-hydrogen) atoms. The van der Waals surface area contributed by atoms with E-state index in [1.54, 1.807) is 65.2 Å². The fourth-order valence-electron chi connectivity index (χ4n) is 9.32. The molecular weight excluding hydrogens is 797 g/mol. The number of hydrogen-bond acceptors (Lipinski definition) is 12. The fraction of sp³-hybridized carbons (Fsp3) is 0.468. The molecule has 328 valence electrons. The second kappa shape index (κ2) is 17.0. The molecule has 5 aliphatic rings. The lowest BCUT2D eigenvalue weighted by molar-refractivity contribution is -0.217. The average molecular weight is 851 g/mol. The molecule has 15 nitrogen and oxygen atoms in total. The van der Waals surface area contributed by atoms with Crippen molar-refractivity contribution in [2.75, 3.05) is 20.7 Å². The van der Waals surface area contributed by atoms with E-state index in [-0.39, 0.29) is 44.9 Å². The number of nitrogens with one attached hydrogen (secondary N) is 2. The van der Waals surface area contributed by atoms with Crippen LogP contribution in [0, 0.1) is 5.41 Å². The monoisotopic (exact) mass is 850 g/mol. The quantitative estimate of drug-likeness (QED) is 0.169. The minimum atomic E-state index is -1.42. The maximum atomic E-state index is 14.9. The highest BCUT2D eigenvalue weighted by Gasteiger charge is 2.76. The molecule has 15 heteroatoms. The van der Waals surface area contributed by atoms with Crippen molar-refractivity contribution >= 4 is 35.7 Å². The lowest BCUT2D eigenvalue weighted by atomic mass is 9.62. The topological polar surface area (TPSA) is 182 Å². The summed E-state index contributed by atoms with van der Waals surface area (Å²) in [7, 11) is 3.36. The molecule has 0 aromatic heterocycles. The lowest BCUT2D eigenvalue weighted by Crippen LogP contribution is -2.69. The SMILES string of the molecule is CN(C)C(=O)C=Cc1ccc(CN2O[C@@H]3[C@H]4OC5(Cc6ccccc6C5)O[C@H]4[C@H]4C[C@]3(C(=O)NCc3cccc(C(=O)N[C@H](CO)CCC(=O)OC(C)(C)C)c3)[C@@H]2C(=O)O4)cc1. The van der Waals surface area contributed by atoms with E-state index in [1.165, 1.54) is 16.0 Å². The molecule has 4 fully saturated rings. The van der Waals surface area contributed by atoms with E-state index in [2.05, 4.69) is 10.6 Å². The number of aliphatic hydroxyl groups is 1. The number of carbonyl (C=O) groups excluding carboxylic acids is 5. The first kappa shape index (κ1) is 43.2. The van der Waals surface area contributed by atoms with E-state index in [9.17, 15) is 29.1 Å². The summed E-state index contributed by atoms with van der Waals surface area (Å²) >= 11 is 0. The van der Waals surface area contributed by atoms with Crippen molar-refractivity contribution in [1.82, 2.24) is 20.6 Å². The highest BCUT2D eigenvalue weighted by atomic mass is 16.8. The number of esters is 2. The number of carbonyl (C=O) groups is 5. The first-order chi connectivity index (χ1) is 29.6. The molecule has 3 saturated heterocycles. The van der Waals surface area contributed by atoms with Crippen LogP contribution in [-0.2, 0) is 68.9 Å². The second-order valence-electron chi connectivity index (χ2n) is 18.1. The van der Waals surface area contributed by atoms with Crippen molar-refractivity contribution < 1.29 is 52.9 Å². The van der Waals surface area contributed by atoms with Crippen molar-refractivity contribution in [3.63, 3.8) is 0 Å². The maximum Gasteiger partial charge on any atom is 0.327 e. The summed E-state index contributed by atoms with van der Waals surface area (Å²) in [4.78, 5) is 75.0. The van der Waals surface area contributed by atoms with Gasteiger partial charge in [0.05, 0.1) is 19.2 Å². The van der Waals surface area contributed by atoms with Gasteiger partial charge in [-0.25, -0.2) is 0 Å². The molecule has 3 aliphatic heterocycles. The van der Waals surface area contributed by atoms with Crippen molar-refractivity contribution in [1.29, 1.82) is 0 Å². The fourth-order valence-corrected chi connectivity index (χ4v) is 9.32. The zero-order chi connectivity index (χ0) is 44.0. The predicted molar refractivity (Wildman–Crippen MR) is 223 cm³/mol. The number of hydrogen-bond donors (Lipinski definition) is 3. The van der Waals surface area contributed by atoms with E-state index < -0.39 is 77.1 Å². The molecule has 8 rings (SSSR count). The van der Waals surface area contributed by atoms with Gasteiger partial charge in [-0.2, -0.15) is 5.06 Å². The van der Waals surface area contributed by atoms with Crippen molar-refractivity contribution in [3.8, 4) is 0 Å². The van der Waals surface area contributed by atoms with Crippen LogP contribution in [0.4, 0.5) is 0 Å². The third kappa shape index (κ3) is 8.64. The molecule has 3 heterocycles. The number of likely N-dealkylation sites (N-methyl/N-ethyl adjacent to an activating group) is 1. The van der Waals surface area contributed by atoms with E-state index in [0.29, 0.717) is 24.0 Å². The lowest BCUT2D eigenvalue weighted by Gasteiger charge is -2.48. The van der Waals surface area contributed by atoms with Crippen LogP contribution in [0.25, 0.3) is 6.08 Å². The molecule has 2 aliphatic carbocycles. The Balaban J connectivity index is 1.01. The predicted octanol–water partition coefficient (Wildman–Crippen LogP) is 3.40. The van der Waals surface area contributed by atoms with Crippen molar-refractivity contribution in [2.45, 2.75) is 114 Å². The van der Waals surface area contributed by atoms with Gasteiger partial charge in [-0.05, 0) is 73.2 Å². The Morgan fingerprint density at radius 1 is 0.968 bits per heavy atom. The van der Waals surface area contributed by atoms with Crippen LogP contribution in [0.2, 0.25) is 0 Å². The van der Waals surface area contributed by atoms with Crippen LogP contribution in [0.1, 0.15) is 78.2 Å². The van der Waals surface area contributed by atoms with Gasteiger partial charge in [-0.15, -0.1) is 0 Å². The molecule has 1 saturated carbocycles. The molecule has 2 bridgehead atoms. The molecule has 3 N–H and O–H groups in total. The van der Waals surface area contributed by atoms with Crippen LogP contribution in [0.15, 0.2) is 78.9 Å². The van der Waals surface area contributed by atoms with Gasteiger partial charge < -0.3 is 39.6 Å². The standard InChI is InChI=1S/C47H54N4O11/c1-45(2,3)59-37(54)20-18-34(27-52)49-42(55)31-12-8-9-30(21-31)25-48-44(57)47-24-35-38-39(61-46(60-38)22-32-10-6-7-11-33(32)23-46)41(47)62-51(40(47)43(56)58-35)26-29-15-13-28(14-16-29)17-19-36(53)50(4)5/h6-17,19,21,34-35,38-41,52H,18,20,22-27H2,1-5H3,(H,48,57)(H,49,55)/t34-,35+,38-,39-,40-,41+,47-/m0/s1. The molecule has 0 unspecified atom stereocenters. The van der Waals surface area contributed by atoms with Gasteiger partial charge >= 0.3 is 11.9 Å². The third-order valence-corrected chi connectivity index (χ3v) is 12.2. The molecule has 1 spiro atoms. The molecule has 0 radical (unpaired) electrons. The van der Waals surface area contributed by atoms with Gasteiger partial charge in [0.15, 0.2) is 11.8 Å². The summed E-state index contributed by atoms with van der Waals surface area (Å²) < 4.78 is 25.1. The Labute approximate surface area is 360 Å². The number of aliphatic hydroxyl groups excluding tert-OH is 1. The number of nitrogens with zero attached hydrogens (tertiary/aromatic N) is 2. The summed E-state index contributed by atoms with van der Waals surface area (Å²) in [6.45, 7) is 5.11. The first-order valence-electron chi connectivity index (χ1n) is 21.1. The number of hydroxylamine groups is 2. The molecular formula is C47H54N4O11. The van der Waals surface area contributed by atoms with Crippen molar-refractivity contribution in [2.24, 2.45) is 5.41 Å². The summed E-state index contributed by atoms with van der Waals surface area (Å²) in [5.41, 5.74) is 2.68. The van der Waals surface area contributed by atoms with Crippen LogP contribution in [-0.4, -0.2) is 113 Å². The summed E-state index contributed by atoms with van der Waals surface area (Å²) in [5, 5.41) is 17.4. The zero-order valence-electron chi connectivity index (χ0n) is 35.6. The Morgan fingerprint density at radius 2 is 1.68 bits per heavy atom. The first-order valence-corrected chi connectivity index (χ1v) is 21.1. The average Bonchev–Trinajstić information content (AvgIpc) is 3.91. The second-order valence-corrected chi connectivity index (χ2v) is 18.1. The Morgan fingerprint density at radius 3 is 2.35 bits per heavy atom.